The van der Waals surface area contributed by atoms with Gasteiger partial charge in [-0.15, -0.1) is 0 Å². The number of hydrogen-bond acceptors (Lipinski definition) is 6. The Morgan fingerprint density at radius 1 is 1.36 bits per heavy atom. The van der Waals surface area contributed by atoms with E-state index in [0.29, 0.717) is 24.6 Å². The van der Waals surface area contributed by atoms with Crippen LogP contribution < -0.4 is 14.8 Å². The van der Waals surface area contributed by atoms with Crippen molar-refractivity contribution in [3.8, 4) is 11.5 Å². The molecule has 1 amide bonds. The highest BCUT2D eigenvalue weighted by atomic mass is 16.7. The number of hydrogen-bond donors (Lipinski definition) is 1. The minimum atomic E-state index is -0.301. The summed E-state index contributed by atoms with van der Waals surface area (Å²) in [6.07, 6.45) is 0.995. The first-order chi connectivity index (χ1) is 10.6. The molecular formula is C15H17N3O4. The molecule has 7 heteroatoms. The second kappa shape index (κ2) is 6.05. The van der Waals surface area contributed by atoms with Gasteiger partial charge in [-0.1, -0.05) is 11.2 Å². The van der Waals surface area contributed by atoms with E-state index in [1.165, 1.54) is 0 Å². The maximum atomic E-state index is 12.0. The van der Waals surface area contributed by atoms with Gasteiger partial charge in [-0.2, -0.15) is 4.98 Å². The van der Waals surface area contributed by atoms with Gasteiger partial charge < -0.3 is 19.3 Å². The second-order valence-corrected chi connectivity index (χ2v) is 5.16. The average Bonchev–Trinajstić information content (AvgIpc) is 3.13. The number of aromatic nitrogens is 2. The van der Waals surface area contributed by atoms with Gasteiger partial charge in [0.05, 0.1) is 0 Å². The molecule has 0 saturated heterocycles. The van der Waals surface area contributed by atoms with E-state index in [1.54, 1.807) is 6.92 Å². The molecule has 2 aromatic rings. The van der Waals surface area contributed by atoms with E-state index in [4.69, 9.17) is 14.0 Å². The molecule has 2 heterocycles. The Bertz CT molecular complexity index is 683. The molecular weight excluding hydrogens is 286 g/mol. The van der Waals surface area contributed by atoms with E-state index in [1.807, 2.05) is 25.1 Å². The molecule has 7 nitrogen and oxygen atoms in total. The number of carbonyl (C=O) groups excluding carboxylic acids is 1. The van der Waals surface area contributed by atoms with Crippen molar-refractivity contribution in [2.45, 2.75) is 32.7 Å². The molecule has 1 aromatic heterocycles. The van der Waals surface area contributed by atoms with Crippen LogP contribution in [0.4, 0.5) is 0 Å². The lowest BCUT2D eigenvalue weighted by molar-refractivity contribution is -0.121. The van der Waals surface area contributed by atoms with Crippen molar-refractivity contribution in [1.82, 2.24) is 15.5 Å². The van der Waals surface area contributed by atoms with Crippen molar-refractivity contribution < 1.29 is 18.8 Å². The lowest BCUT2D eigenvalue weighted by Crippen LogP contribution is -2.27. The van der Waals surface area contributed by atoms with Gasteiger partial charge in [-0.05, 0) is 38.0 Å². The number of aryl methyl sites for hydroxylation is 2. The fraction of sp³-hybridized carbons (Fsp3) is 0.400. The van der Waals surface area contributed by atoms with Gasteiger partial charge in [-0.3, -0.25) is 4.79 Å². The number of amides is 1. The second-order valence-electron chi connectivity index (χ2n) is 5.16. The highest BCUT2D eigenvalue weighted by Gasteiger charge is 2.16. The Morgan fingerprint density at radius 2 is 2.18 bits per heavy atom. The van der Waals surface area contributed by atoms with Crippen molar-refractivity contribution >= 4 is 5.91 Å². The van der Waals surface area contributed by atoms with Gasteiger partial charge in [0.2, 0.25) is 18.6 Å². The summed E-state index contributed by atoms with van der Waals surface area (Å²) in [4.78, 5) is 16.1. The molecule has 0 unspecified atom stereocenters. The third kappa shape index (κ3) is 3.19. The van der Waals surface area contributed by atoms with E-state index in [9.17, 15) is 4.79 Å². The first kappa shape index (κ1) is 14.4. The summed E-state index contributed by atoms with van der Waals surface area (Å²) in [6, 6.07) is 5.40. The maximum absolute atomic E-state index is 12.0. The SMILES string of the molecule is Cc1noc([C@H](C)NC(=O)CCc2ccc3c(c2)OCO3)n1. The Kier molecular flexibility index (Phi) is 3.95. The third-order valence-corrected chi connectivity index (χ3v) is 3.37. The van der Waals surface area contributed by atoms with Crippen molar-refractivity contribution in [2.24, 2.45) is 0 Å². The van der Waals surface area contributed by atoms with Crippen LogP contribution in [0.15, 0.2) is 22.7 Å². The molecule has 0 bridgehead atoms. The summed E-state index contributed by atoms with van der Waals surface area (Å²) in [6.45, 7) is 3.80. The minimum Gasteiger partial charge on any atom is -0.454 e. The predicted molar refractivity (Wildman–Crippen MR) is 76.5 cm³/mol. The summed E-state index contributed by atoms with van der Waals surface area (Å²) < 4.78 is 15.6. The number of benzene rings is 1. The number of nitrogens with zero attached hydrogens (tertiary/aromatic N) is 2. The van der Waals surface area contributed by atoms with E-state index in [0.717, 1.165) is 17.1 Å². The van der Waals surface area contributed by atoms with E-state index >= 15 is 0 Å². The summed E-state index contributed by atoms with van der Waals surface area (Å²) in [7, 11) is 0. The van der Waals surface area contributed by atoms with Crippen LogP contribution in [0.3, 0.4) is 0 Å². The number of carbonyl (C=O) groups is 1. The van der Waals surface area contributed by atoms with Crippen LogP contribution in [0.1, 0.15) is 36.7 Å². The topological polar surface area (TPSA) is 86.5 Å². The van der Waals surface area contributed by atoms with Crippen LogP contribution in [0.25, 0.3) is 0 Å². The number of rotatable bonds is 5. The molecule has 0 spiro atoms. The zero-order valence-electron chi connectivity index (χ0n) is 12.5. The number of ether oxygens (including phenoxy) is 2. The van der Waals surface area contributed by atoms with Crippen molar-refractivity contribution in [1.29, 1.82) is 0 Å². The molecule has 116 valence electrons. The van der Waals surface area contributed by atoms with Crippen LogP contribution in [-0.2, 0) is 11.2 Å². The van der Waals surface area contributed by atoms with Gasteiger partial charge in [-0.25, -0.2) is 0 Å². The van der Waals surface area contributed by atoms with Gasteiger partial charge in [0.1, 0.15) is 6.04 Å². The quantitative estimate of drug-likeness (QED) is 0.908. The Morgan fingerprint density at radius 3 is 2.95 bits per heavy atom. The highest BCUT2D eigenvalue weighted by Crippen LogP contribution is 2.32. The van der Waals surface area contributed by atoms with Crippen LogP contribution in [0, 0.1) is 6.92 Å². The number of nitrogens with one attached hydrogen (secondary N) is 1. The van der Waals surface area contributed by atoms with Crippen LogP contribution in [-0.4, -0.2) is 22.8 Å². The zero-order valence-corrected chi connectivity index (χ0v) is 12.5. The molecule has 3 rings (SSSR count). The van der Waals surface area contributed by atoms with Gasteiger partial charge in [0.15, 0.2) is 17.3 Å². The fourth-order valence-corrected chi connectivity index (χ4v) is 2.22. The summed E-state index contributed by atoms with van der Waals surface area (Å²) in [5, 5.41) is 6.55. The molecule has 1 aliphatic rings. The molecule has 0 radical (unpaired) electrons. The van der Waals surface area contributed by atoms with Gasteiger partial charge in [0, 0.05) is 6.42 Å². The largest absolute Gasteiger partial charge is 0.454 e. The molecule has 1 aliphatic heterocycles. The third-order valence-electron chi connectivity index (χ3n) is 3.37. The molecule has 1 N–H and O–H groups in total. The molecule has 0 fully saturated rings. The van der Waals surface area contributed by atoms with Crippen molar-refractivity contribution in [3.63, 3.8) is 0 Å². The van der Waals surface area contributed by atoms with Crippen LogP contribution >= 0.6 is 0 Å². The average molecular weight is 303 g/mol. The van der Waals surface area contributed by atoms with Crippen LogP contribution in [0.5, 0.6) is 11.5 Å². The van der Waals surface area contributed by atoms with Crippen molar-refractivity contribution in [2.75, 3.05) is 6.79 Å². The monoisotopic (exact) mass is 303 g/mol. The molecule has 22 heavy (non-hydrogen) atoms. The number of fused-ring (bicyclic) bond motifs is 1. The fourth-order valence-electron chi connectivity index (χ4n) is 2.22. The highest BCUT2D eigenvalue weighted by molar-refractivity contribution is 5.76. The first-order valence-corrected chi connectivity index (χ1v) is 7.10. The standard InChI is InChI=1S/C15H17N3O4/c1-9(15-17-10(2)18-22-15)16-14(19)6-4-11-3-5-12-13(7-11)21-8-20-12/h3,5,7,9H,4,6,8H2,1-2H3,(H,16,19)/t9-/m0/s1. The predicted octanol–water partition coefficient (Wildman–Crippen LogP) is 1.92. The molecule has 1 atom stereocenters. The van der Waals surface area contributed by atoms with E-state index in [2.05, 4.69) is 15.5 Å². The lowest BCUT2D eigenvalue weighted by Gasteiger charge is -2.09. The zero-order chi connectivity index (χ0) is 15.5. The molecule has 1 aromatic carbocycles. The van der Waals surface area contributed by atoms with Crippen molar-refractivity contribution in [3.05, 3.63) is 35.5 Å². The maximum Gasteiger partial charge on any atom is 0.248 e. The lowest BCUT2D eigenvalue weighted by atomic mass is 10.1. The first-order valence-electron chi connectivity index (χ1n) is 7.10. The Hall–Kier alpha value is -2.57. The van der Waals surface area contributed by atoms with Gasteiger partial charge in [0.25, 0.3) is 0 Å². The Balaban J connectivity index is 1.52. The van der Waals surface area contributed by atoms with Gasteiger partial charge >= 0.3 is 0 Å². The smallest absolute Gasteiger partial charge is 0.248 e. The van der Waals surface area contributed by atoms with E-state index in [-0.39, 0.29) is 18.7 Å². The Labute approximate surface area is 127 Å². The summed E-state index contributed by atoms with van der Waals surface area (Å²) in [5.41, 5.74) is 1.03. The molecule has 0 saturated carbocycles. The normalized spacial score (nSPS) is 13.9. The minimum absolute atomic E-state index is 0.0685. The summed E-state index contributed by atoms with van der Waals surface area (Å²) >= 11 is 0. The van der Waals surface area contributed by atoms with Crippen LogP contribution in [0.2, 0.25) is 0 Å². The van der Waals surface area contributed by atoms with E-state index < -0.39 is 0 Å². The summed E-state index contributed by atoms with van der Waals surface area (Å²) in [5.74, 6) is 2.37. The molecule has 0 aliphatic carbocycles.